The van der Waals surface area contributed by atoms with Crippen LogP contribution < -0.4 is 15.5 Å². The third kappa shape index (κ3) is 5.99. The Morgan fingerprint density at radius 1 is 1.06 bits per heavy atom. The smallest absolute Gasteiger partial charge is 0.247 e. The molecule has 33 heavy (non-hydrogen) atoms. The van der Waals surface area contributed by atoms with Gasteiger partial charge in [0.2, 0.25) is 5.91 Å². The maximum absolute atomic E-state index is 13.3. The predicted octanol–water partition coefficient (Wildman–Crippen LogP) is 5.31. The fourth-order valence-corrected chi connectivity index (χ4v) is 4.33. The van der Waals surface area contributed by atoms with Crippen LogP contribution in [0.5, 0.6) is 0 Å². The first-order valence-corrected chi connectivity index (χ1v) is 11.9. The molecule has 3 aromatic rings. The van der Waals surface area contributed by atoms with Crippen LogP contribution in [0.15, 0.2) is 72.9 Å². The molecule has 4 rings (SSSR count). The van der Waals surface area contributed by atoms with E-state index in [-0.39, 0.29) is 11.8 Å². The summed E-state index contributed by atoms with van der Waals surface area (Å²) in [5.41, 5.74) is 4.56. The van der Waals surface area contributed by atoms with Crippen molar-refractivity contribution in [2.24, 2.45) is 5.92 Å². The number of rotatable bonds is 8. The van der Waals surface area contributed by atoms with Crippen LogP contribution in [-0.2, 0) is 4.79 Å². The number of carbonyl (C=O) groups is 1. The van der Waals surface area contributed by atoms with Crippen LogP contribution in [0.25, 0.3) is 0 Å². The van der Waals surface area contributed by atoms with Crippen molar-refractivity contribution >= 4 is 17.4 Å². The second-order valence-corrected chi connectivity index (χ2v) is 9.29. The van der Waals surface area contributed by atoms with E-state index in [0.29, 0.717) is 18.3 Å². The van der Waals surface area contributed by atoms with Crippen LogP contribution in [0.1, 0.15) is 48.9 Å². The first-order chi connectivity index (χ1) is 16.0. The summed E-state index contributed by atoms with van der Waals surface area (Å²) in [5, 5.41) is 6.49. The van der Waals surface area contributed by atoms with Gasteiger partial charge in [0.15, 0.2) is 0 Å². The number of pyridine rings is 1. The Labute approximate surface area is 197 Å². The molecule has 0 radical (unpaired) electrons. The molecule has 2 aromatic carbocycles. The van der Waals surface area contributed by atoms with E-state index in [1.807, 2.05) is 48.7 Å². The normalized spacial score (nSPS) is 17.5. The first-order valence-electron chi connectivity index (χ1n) is 11.9. The summed E-state index contributed by atoms with van der Waals surface area (Å²) in [7, 11) is 0. The van der Waals surface area contributed by atoms with Crippen molar-refractivity contribution in [3.05, 3.63) is 89.6 Å². The fraction of sp³-hybridized carbons (Fsp3) is 0.357. The molecule has 1 aromatic heterocycles. The molecule has 0 saturated carbocycles. The third-order valence-electron chi connectivity index (χ3n) is 6.46. The predicted molar refractivity (Wildman–Crippen MR) is 136 cm³/mol. The minimum absolute atomic E-state index is 0.104. The molecule has 5 nitrogen and oxygen atoms in total. The minimum Gasteiger partial charge on any atom is -0.370 e. The monoisotopic (exact) mass is 442 g/mol. The van der Waals surface area contributed by atoms with Gasteiger partial charge in [-0.15, -0.1) is 0 Å². The summed E-state index contributed by atoms with van der Waals surface area (Å²) in [6.07, 6.45) is 3.07. The Bertz CT molecular complexity index is 1030. The van der Waals surface area contributed by atoms with Gasteiger partial charge in [0.25, 0.3) is 0 Å². The molecule has 1 saturated heterocycles. The number of aromatic nitrogens is 1. The number of hydrogen-bond donors (Lipinski definition) is 2. The topological polar surface area (TPSA) is 57.3 Å². The molecular formula is C28H34N4O. The highest BCUT2D eigenvalue weighted by Crippen LogP contribution is 2.24. The Kier molecular flexibility index (Phi) is 7.40. The van der Waals surface area contributed by atoms with E-state index in [1.165, 1.54) is 17.5 Å². The van der Waals surface area contributed by atoms with Gasteiger partial charge in [0, 0.05) is 19.6 Å². The van der Waals surface area contributed by atoms with E-state index in [1.54, 1.807) is 0 Å². The Hall–Kier alpha value is -3.18. The Morgan fingerprint density at radius 3 is 2.45 bits per heavy atom. The van der Waals surface area contributed by atoms with Crippen molar-refractivity contribution in [1.29, 1.82) is 0 Å². The van der Waals surface area contributed by atoms with Gasteiger partial charge in [-0.05, 0) is 48.4 Å². The molecule has 1 amide bonds. The molecule has 1 aliphatic rings. The summed E-state index contributed by atoms with van der Waals surface area (Å²) >= 11 is 0. The lowest BCUT2D eigenvalue weighted by Crippen LogP contribution is -2.35. The standard InChI is InChI=1S/C28H34N4O/c1-20-9-11-23(12-10-20)22(3)17-30-27(24-7-5-4-6-8-24)28(33)31-26-14-13-25(18-29-26)32-16-15-21(2)19-32/h4-14,18,21-22,27,30H,15-17,19H2,1-3H3,(H,29,31,33)/t21-,22-,27-/m0/s1. The highest BCUT2D eigenvalue weighted by Gasteiger charge is 2.22. The number of hydrogen-bond acceptors (Lipinski definition) is 4. The zero-order valence-corrected chi connectivity index (χ0v) is 19.8. The van der Waals surface area contributed by atoms with Gasteiger partial charge in [-0.3, -0.25) is 4.79 Å². The van der Waals surface area contributed by atoms with Gasteiger partial charge in [-0.25, -0.2) is 4.98 Å². The summed E-state index contributed by atoms with van der Waals surface area (Å²) in [6, 6.07) is 21.9. The fourth-order valence-electron chi connectivity index (χ4n) is 4.33. The molecule has 2 N–H and O–H groups in total. The molecule has 0 aliphatic carbocycles. The van der Waals surface area contributed by atoms with Crippen LogP contribution in [0.2, 0.25) is 0 Å². The van der Waals surface area contributed by atoms with Crippen LogP contribution in [0.4, 0.5) is 11.5 Å². The number of amides is 1. The van der Waals surface area contributed by atoms with E-state index in [4.69, 9.17) is 0 Å². The zero-order chi connectivity index (χ0) is 23.2. The van der Waals surface area contributed by atoms with Crippen molar-refractivity contribution in [3.8, 4) is 0 Å². The average molecular weight is 443 g/mol. The molecular weight excluding hydrogens is 408 g/mol. The van der Waals surface area contributed by atoms with E-state index in [9.17, 15) is 4.79 Å². The third-order valence-corrected chi connectivity index (χ3v) is 6.46. The van der Waals surface area contributed by atoms with Crippen molar-refractivity contribution < 1.29 is 4.79 Å². The molecule has 0 unspecified atom stereocenters. The SMILES string of the molecule is Cc1ccc([C@@H](C)CN[C@H](C(=O)Nc2ccc(N3CC[C@H](C)C3)cn2)c2ccccc2)cc1. The van der Waals surface area contributed by atoms with Crippen LogP contribution in [0.3, 0.4) is 0 Å². The molecule has 2 heterocycles. The van der Waals surface area contributed by atoms with Gasteiger partial charge >= 0.3 is 0 Å². The summed E-state index contributed by atoms with van der Waals surface area (Å²) in [6.45, 7) is 9.36. The lowest BCUT2D eigenvalue weighted by molar-refractivity contribution is -0.118. The van der Waals surface area contributed by atoms with Gasteiger partial charge < -0.3 is 15.5 Å². The quantitative estimate of drug-likeness (QED) is 0.496. The van der Waals surface area contributed by atoms with E-state index in [0.717, 1.165) is 24.3 Å². The van der Waals surface area contributed by atoms with Gasteiger partial charge in [0.1, 0.15) is 11.9 Å². The lowest BCUT2D eigenvalue weighted by Gasteiger charge is -2.22. The van der Waals surface area contributed by atoms with E-state index < -0.39 is 6.04 Å². The lowest BCUT2D eigenvalue weighted by atomic mass is 9.98. The van der Waals surface area contributed by atoms with Crippen LogP contribution in [0, 0.1) is 12.8 Å². The second-order valence-electron chi connectivity index (χ2n) is 9.29. The zero-order valence-electron chi connectivity index (χ0n) is 19.8. The van der Waals surface area contributed by atoms with Gasteiger partial charge in [-0.1, -0.05) is 74.0 Å². The molecule has 1 fully saturated rings. The summed E-state index contributed by atoms with van der Waals surface area (Å²) in [5.74, 6) is 1.46. The highest BCUT2D eigenvalue weighted by atomic mass is 16.2. The molecule has 5 heteroatoms. The van der Waals surface area contributed by atoms with Crippen LogP contribution in [-0.4, -0.2) is 30.5 Å². The largest absolute Gasteiger partial charge is 0.370 e. The maximum Gasteiger partial charge on any atom is 0.247 e. The number of nitrogens with one attached hydrogen (secondary N) is 2. The summed E-state index contributed by atoms with van der Waals surface area (Å²) in [4.78, 5) is 20.1. The second kappa shape index (κ2) is 10.6. The van der Waals surface area contributed by atoms with E-state index in [2.05, 4.69) is 65.6 Å². The number of nitrogens with zero attached hydrogens (tertiary/aromatic N) is 2. The Morgan fingerprint density at radius 2 is 1.82 bits per heavy atom. The first kappa shape index (κ1) is 23.0. The highest BCUT2D eigenvalue weighted by molar-refractivity contribution is 5.94. The average Bonchev–Trinajstić information content (AvgIpc) is 3.27. The van der Waals surface area contributed by atoms with Gasteiger partial charge in [0.05, 0.1) is 11.9 Å². The molecule has 0 bridgehead atoms. The molecule has 172 valence electrons. The van der Waals surface area contributed by atoms with Crippen molar-refractivity contribution in [1.82, 2.24) is 10.3 Å². The van der Waals surface area contributed by atoms with E-state index >= 15 is 0 Å². The van der Waals surface area contributed by atoms with Gasteiger partial charge in [-0.2, -0.15) is 0 Å². The molecule has 1 aliphatic heterocycles. The maximum atomic E-state index is 13.3. The van der Waals surface area contributed by atoms with Crippen molar-refractivity contribution in [3.63, 3.8) is 0 Å². The number of benzene rings is 2. The number of carbonyl (C=O) groups excluding carboxylic acids is 1. The minimum atomic E-state index is -0.458. The molecule has 3 atom stereocenters. The number of anilines is 2. The van der Waals surface area contributed by atoms with Crippen molar-refractivity contribution in [2.45, 2.75) is 39.2 Å². The van der Waals surface area contributed by atoms with Crippen molar-refractivity contribution in [2.75, 3.05) is 29.9 Å². The summed E-state index contributed by atoms with van der Waals surface area (Å²) < 4.78 is 0. The molecule has 0 spiro atoms. The van der Waals surface area contributed by atoms with Crippen LogP contribution >= 0.6 is 0 Å². The number of aryl methyl sites for hydroxylation is 1. The Balaban J connectivity index is 1.43.